The highest BCUT2D eigenvalue weighted by Crippen LogP contribution is 2.29. The number of aryl methyl sites for hydroxylation is 1. The smallest absolute Gasteiger partial charge is 0.416 e. The van der Waals surface area contributed by atoms with Crippen LogP contribution < -0.4 is 10.1 Å². The van der Waals surface area contributed by atoms with Crippen molar-refractivity contribution >= 4 is 5.91 Å². The summed E-state index contributed by atoms with van der Waals surface area (Å²) in [4.78, 5) is 12.3. The van der Waals surface area contributed by atoms with E-state index in [-0.39, 0.29) is 12.5 Å². The molecule has 6 heteroatoms. The van der Waals surface area contributed by atoms with Gasteiger partial charge in [-0.1, -0.05) is 37.3 Å². The average molecular weight is 351 g/mol. The van der Waals surface area contributed by atoms with Gasteiger partial charge in [-0.05, 0) is 42.7 Å². The number of para-hydroxylation sites is 1. The number of halogens is 3. The molecule has 0 aliphatic carbocycles. The minimum Gasteiger partial charge on any atom is -0.480 e. The van der Waals surface area contributed by atoms with Crippen molar-refractivity contribution in [3.05, 3.63) is 65.2 Å². The molecule has 0 radical (unpaired) electrons. The molecule has 1 N–H and O–H groups in total. The summed E-state index contributed by atoms with van der Waals surface area (Å²) >= 11 is 0. The van der Waals surface area contributed by atoms with Gasteiger partial charge in [0.25, 0.3) is 5.91 Å². The summed E-state index contributed by atoms with van der Waals surface area (Å²) in [6.07, 6.45) is -4.66. The number of alkyl halides is 3. The van der Waals surface area contributed by atoms with Crippen LogP contribution >= 0.6 is 0 Å². The summed E-state index contributed by atoms with van der Waals surface area (Å²) in [5.74, 6) is 0.256. The number of hydrogen-bond acceptors (Lipinski definition) is 2. The van der Waals surface area contributed by atoms with Gasteiger partial charge in [0.1, 0.15) is 5.75 Å². The lowest BCUT2D eigenvalue weighted by molar-refractivity contribution is -0.137. The summed E-state index contributed by atoms with van der Waals surface area (Å²) in [6.45, 7) is 3.70. The van der Waals surface area contributed by atoms with E-state index >= 15 is 0 Å². The number of hydrogen-bond donors (Lipinski definition) is 1. The number of nitrogens with one attached hydrogen (secondary N) is 1. The molecular weight excluding hydrogens is 331 g/mol. The molecule has 0 saturated heterocycles. The lowest BCUT2D eigenvalue weighted by atomic mass is 10.1. The van der Waals surface area contributed by atoms with E-state index in [1.165, 1.54) is 6.07 Å². The summed E-state index contributed by atoms with van der Waals surface area (Å²) in [7, 11) is 0. The molecule has 134 valence electrons. The second-order valence-corrected chi connectivity index (χ2v) is 5.70. The molecule has 0 aromatic heterocycles. The van der Waals surface area contributed by atoms with Crippen LogP contribution in [-0.4, -0.2) is 12.0 Å². The van der Waals surface area contributed by atoms with Gasteiger partial charge in [0.05, 0.1) is 5.56 Å². The second kappa shape index (κ2) is 8.05. The third kappa shape index (κ3) is 5.24. The first-order valence-corrected chi connectivity index (χ1v) is 7.97. The van der Waals surface area contributed by atoms with Crippen LogP contribution in [0.25, 0.3) is 0 Å². The lowest BCUT2D eigenvalue weighted by Crippen LogP contribution is -2.37. The van der Waals surface area contributed by atoms with E-state index in [2.05, 4.69) is 5.32 Å². The third-order valence-electron chi connectivity index (χ3n) is 3.75. The molecule has 0 unspecified atom stereocenters. The molecule has 0 spiro atoms. The summed E-state index contributed by atoms with van der Waals surface area (Å²) < 4.78 is 43.9. The normalized spacial score (nSPS) is 12.5. The number of ether oxygens (including phenoxy) is 1. The van der Waals surface area contributed by atoms with Crippen molar-refractivity contribution in [3.8, 4) is 5.75 Å². The standard InChI is InChI=1S/C19H20F3NO2/c1-3-16(25-17-10-5-4-7-13(17)2)18(24)23-12-14-8-6-9-15(11-14)19(20,21)22/h4-11,16H,3,12H2,1-2H3,(H,23,24)/t16-/m1/s1. The predicted molar refractivity (Wildman–Crippen MR) is 89.2 cm³/mol. The van der Waals surface area contributed by atoms with Gasteiger partial charge in [0.15, 0.2) is 6.10 Å². The molecule has 0 aliphatic rings. The predicted octanol–water partition coefficient (Wildman–Crippen LogP) is 4.49. The fourth-order valence-corrected chi connectivity index (χ4v) is 2.32. The van der Waals surface area contributed by atoms with Gasteiger partial charge in [0.2, 0.25) is 0 Å². The molecule has 25 heavy (non-hydrogen) atoms. The average Bonchev–Trinajstić information content (AvgIpc) is 2.58. The van der Waals surface area contributed by atoms with Crippen LogP contribution in [0.4, 0.5) is 13.2 Å². The van der Waals surface area contributed by atoms with Crippen LogP contribution in [0.5, 0.6) is 5.75 Å². The van der Waals surface area contributed by atoms with Crippen molar-refractivity contribution in [2.24, 2.45) is 0 Å². The Balaban J connectivity index is 2.00. The number of amides is 1. The highest BCUT2D eigenvalue weighted by molar-refractivity contribution is 5.81. The molecule has 2 rings (SSSR count). The van der Waals surface area contributed by atoms with Crippen molar-refractivity contribution in [1.29, 1.82) is 0 Å². The Morgan fingerprint density at radius 1 is 1.16 bits per heavy atom. The number of carbonyl (C=O) groups is 1. The highest BCUT2D eigenvalue weighted by Gasteiger charge is 2.30. The lowest BCUT2D eigenvalue weighted by Gasteiger charge is -2.18. The molecule has 0 heterocycles. The molecule has 1 amide bonds. The molecule has 3 nitrogen and oxygen atoms in total. The van der Waals surface area contributed by atoms with E-state index in [1.807, 2.05) is 32.0 Å². The van der Waals surface area contributed by atoms with Gasteiger partial charge >= 0.3 is 6.18 Å². The first-order chi connectivity index (χ1) is 11.8. The zero-order valence-corrected chi connectivity index (χ0v) is 14.1. The van der Waals surface area contributed by atoms with Crippen LogP contribution in [0, 0.1) is 6.92 Å². The van der Waals surface area contributed by atoms with E-state index in [9.17, 15) is 18.0 Å². The van der Waals surface area contributed by atoms with E-state index in [0.717, 1.165) is 17.7 Å². The maximum atomic E-state index is 12.7. The Kier molecular flexibility index (Phi) is 6.07. The Bertz CT molecular complexity index is 729. The summed E-state index contributed by atoms with van der Waals surface area (Å²) in [5, 5.41) is 2.64. The van der Waals surface area contributed by atoms with Gasteiger partial charge in [-0.3, -0.25) is 4.79 Å². The van der Waals surface area contributed by atoms with Gasteiger partial charge in [-0.25, -0.2) is 0 Å². The first kappa shape index (κ1) is 18.8. The molecule has 0 fully saturated rings. The Labute approximate surface area is 144 Å². The van der Waals surface area contributed by atoms with E-state index in [0.29, 0.717) is 17.7 Å². The summed E-state index contributed by atoms with van der Waals surface area (Å²) in [6, 6.07) is 12.2. The number of carbonyl (C=O) groups excluding carboxylic acids is 1. The quantitative estimate of drug-likeness (QED) is 0.833. The molecule has 2 aromatic rings. The van der Waals surface area contributed by atoms with Crippen molar-refractivity contribution in [1.82, 2.24) is 5.32 Å². The SMILES string of the molecule is CC[C@@H](Oc1ccccc1C)C(=O)NCc1cccc(C(F)(F)F)c1. The fourth-order valence-electron chi connectivity index (χ4n) is 2.32. The first-order valence-electron chi connectivity index (χ1n) is 7.97. The molecule has 0 aliphatic heterocycles. The van der Waals surface area contributed by atoms with E-state index < -0.39 is 17.8 Å². The molecule has 2 aromatic carbocycles. The Morgan fingerprint density at radius 2 is 1.88 bits per heavy atom. The van der Waals surface area contributed by atoms with Crippen LogP contribution in [0.15, 0.2) is 48.5 Å². The summed E-state index contributed by atoms with van der Waals surface area (Å²) in [5.41, 5.74) is 0.558. The topological polar surface area (TPSA) is 38.3 Å². The van der Waals surface area contributed by atoms with E-state index in [4.69, 9.17) is 4.74 Å². The van der Waals surface area contributed by atoms with Gasteiger partial charge in [-0.2, -0.15) is 13.2 Å². The van der Waals surface area contributed by atoms with Crippen LogP contribution in [0.2, 0.25) is 0 Å². The number of rotatable bonds is 6. The van der Waals surface area contributed by atoms with Crippen LogP contribution in [0.1, 0.15) is 30.0 Å². The minimum absolute atomic E-state index is 0.0103. The van der Waals surface area contributed by atoms with Crippen molar-refractivity contribution in [2.75, 3.05) is 0 Å². The van der Waals surface area contributed by atoms with Gasteiger partial charge in [-0.15, -0.1) is 0 Å². The largest absolute Gasteiger partial charge is 0.480 e. The van der Waals surface area contributed by atoms with Gasteiger partial charge in [0, 0.05) is 6.54 Å². The Hall–Kier alpha value is -2.50. The maximum Gasteiger partial charge on any atom is 0.416 e. The van der Waals surface area contributed by atoms with Crippen molar-refractivity contribution in [2.45, 2.75) is 39.1 Å². The molecule has 1 atom stereocenters. The van der Waals surface area contributed by atoms with Crippen molar-refractivity contribution in [3.63, 3.8) is 0 Å². The molecule has 0 bridgehead atoms. The molecule has 0 saturated carbocycles. The van der Waals surface area contributed by atoms with Crippen molar-refractivity contribution < 1.29 is 22.7 Å². The Morgan fingerprint density at radius 3 is 2.52 bits per heavy atom. The van der Waals surface area contributed by atoms with Gasteiger partial charge < -0.3 is 10.1 Å². The molecular formula is C19H20F3NO2. The highest BCUT2D eigenvalue weighted by atomic mass is 19.4. The zero-order chi connectivity index (χ0) is 18.4. The van der Waals surface area contributed by atoms with E-state index in [1.54, 1.807) is 12.1 Å². The van der Waals surface area contributed by atoms with Crippen LogP contribution in [-0.2, 0) is 17.5 Å². The number of benzene rings is 2. The zero-order valence-electron chi connectivity index (χ0n) is 14.1. The fraction of sp³-hybridized carbons (Fsp3) is 0.316. The monoisotopic (exact) mass is 351 g/mol. The third-order valence-corrected chi connectivity index (χ3v) is 3.75. The minimum atomic E-state index is -4.40. The van der Waals surface area contributed by atoms with Crippen LogP contribution in [0.3, 0.4) is 0 Å². The second-order valence-electron chi connectivity index (χ2n) is 5.70. The maximum absolute atomic E-state index is 12.7.